The van der Waals surface area contributed by atoms with Crippen LogP contribution in [0, 0.1) is 5.92 Å². The second kappa shape index (κ2) is 4.87. The average molecular weight is 260 g/mol. The summed E-state index contributed by atoms with van der Waals surface area (Å²) >= 11 is 0. The maximum Gasteiger partial charge on any atom is 0.306 e. The standard InChI is InChI=1S/C13H16N4O2/c18-13(19)9-1-3-10(4-2-9)15-11-6-8-17-12(16-11)5-7-14-17/h5-10H,1-4H2,(H,15,16)(H,18,19). The lowest BCUT2D eigenvalue weighted by atomic mass is 9.86. The predicted molar refractivity (Wildman–Crippen MR) is 70.0 cm³/mol. The highest BCUT2D eigenvalue weighted by Crippen LogP contribution is 2.26. The van der Waals surface area contributed by atoms with Gasteiger partial charge >= 0.3 is 5.97 Å². The summed E-state index contributed by atoms with van der Waals surface area (Å²) in [7, 11) is 0. The van der Waals surface area contributed by atoms with Crippen LogP contribution in [-0.2, 0) is 4.79 Å². The summed E-state index contributed by atoms with van der Waals surface area (Å²) in [5.74, 6) is -0.0210. The first-order chi connectivity index (χ1) is 9.22. The van der Waals surface area contributed by atoms with Gasteiger partial charge in [-0.25, -0.2) is 9.50 Å². The van der Waals surface area contributed by atoms with Gasteiger partial charge in [-0.15, -0.1) is 0 Å². The number of carbonyl (C=O) groups is 1. The molecule has 0 aliphatic heterocycles. The molecule has 0 spiro atoms. The average Bonchev–Trinajstić information content (AvgIpc) is 2.87. The molecule has 100 valence electrons. The van der Waals surface area contributed by atoms with Gasteiger partial charge in [-0.1, -0.05) is 0 Å². The van der Waals surface area contributed by atoms with Crippen LogP contribution in [0.1, 0.15) is 25.7 Å². The molecule has 2 N–H and O–H groups in total. The quantitative estimate of drug-likeness (QED) is 0.879. The zero-order valence-electron chi connectivity index (χ0n) is 10.5. The van der Waals surface area contributed by atoms with Crippen molar-refractivity contribution in [2.24, 2.45) is 5.92 Å². The number of anilines is 1. The van der Waals surface area contributed by atoms with Crippen LogP contribution in [0.5, 0.6) is 0 Å². The molecule has 6 heteroatoms. The molecule has 2 heterocycles. The molecule has 1 fully saturated rings. The minimum atomic E-state index is -0.669. The van der Waals surface area contributed by atoms with Gasteiger partial charge in [0.05, 0.1) is 12.1 Å². The topological polar surface area (TPSA) is 79.5 Å². The van der Waals surface area contributed by atoms with Gasteiger partial charge in [0.1, 0.15) is 5.82 Å². The normalized spacial score (nSPS) is 23.4. The van der Waals surface area contributed by atoms with Crippen LogP contribution >= 0.6 is 0 Å². The smallest absolute Gasteiger partial charge is 0.306 e. The van der Waals surface area contributed by atoms with E-state index in [9.17, 15) is 4.79 Å². The van der Waals surface area contributed by atoms with Crippen LogP contribution in [0.15, 0.2) is 24.5 Å². The molecule has 3 rings (SSSR count). The number of nitrogens with zero attached hydrogens (tertiary/aromatic N) is 3. The van der Waals surface area contributed by atoms with E-state index in [2.05, 4.69) is 15.4 Å². The van der Waals surface area contributed by atoms with Gasteiger partial charge < -0.3 is 10.4 Å². The van der Waals surface area contributed by atoms with E-state index in [0.717, 1.165) is 37.1 Å². The summed E-state index contributed by atoms with van der Waals surface area (Å²) in [6, 6.07) is 4.06. The molecule has 0 atom stereocenters. The Morgan fingerprint density at radius 3 is 2.84 bits per heavy atom. The third-order valence-corrected chi connectivity index (χ3v) is 3.69. The van der Waals surface area contributed by atoms with E-state index in [1.165, 1.54) is 0 Å². The van der Waals surface area contributed by atoms with Crippen molar-refractivity contribution in [1.82, 2.24) is 14.6 Å². The molecule has 1 aliphatic carbocycles. The van der Waals surface area contributed by atoms with E-state index >= 15 is 0 Å². The summed E-state index contributed by atoms with van der Waals surface area (Å²) in [5.41, 5.74) is 0.809. The number of aromatic nitrogens is 3. The molecule has 0 aromatic carbocycles. The highest BCUT2D eigenvalue weighted by Gasteiger charge is 2.25. The molecular formula is C13H16N4O2. The van der Waals surface area contributed by atoms with Crippen molar-refractivity contribution in [1.29, 1.82) is 0 Å². The largest absolute Gasteiger partial charge is 0.481 e. The lowest BCUT2D eigenvalue weighted by Crippen LogP contribution is -2.29. The molecule has 0 saturated heterocycles. The number of aliphatic carboxylic acids is 1. The maximum atomic E-state index is 10.9. The first-order valence-electron chi connectivity index (χ1n) is 6.52. The Kier molecular flexibility index (Phi) is 3.06. The van der Waals surface area contributed by atoms with E-state index in [0.29, 0.717) is 6.04 Å². The van der Waals surface area contributed by atoms with E-state index < -0.39 is 5.97 Å². The summed E-state index contributed by atoms with van der Waals surface area (Å²) < 4.78 is 1.71. The first kappa shape index (κ1) is 12.0. The summed E-state index contributed by atoms with van der Waals surface area (Å²) in [5, 5.41) is 16.4. The number of hydrogen-bond donors (Lipinski definition) is 2. The van der Waals surface area contributed by atoms with Crippen LogP contribution in [0.4, 0.5) is 5.82 Å². The molecule has 0 amide bonds. The molecular weight excluding hydrogens is 244 g/mol. The van der Waals surface area contributed by atoms with Gasteiger partial charge in [-0.05, 0) is 31.7 Å². The highest BCUT2D eigenvalue weighted by atomic mass is 16.4. The number of rotatable bonds is 3. The van der Waals surface area contributed by atoms with Crippen LogP contribution in [0.3, 0.4) is 0 Å². The zero-order valence-corrected chi connectivity index (χ0v) is 10.5. The maximum absolute atomic E-state index is 10.9. The van der Waals surface area contributed by atoms with Gasteiger partial charge in [-0.3, -0.25) is 4.79 Å². The fourth-order valence-electron chi connectivity index (χ4n) is 2.59. The van der Waals surface area contributed by atoms with E-state index in [1.54, 1.807) is 10.7 Å². The van der Waals surface area contributed by atoms with Gasteiger partial charge in [0, 0.05) is 18.3 Å². The van der Waals surface area contributed by atoms with Crippen LogP contribution in [-0.4, -0.2) is 31.7 Å². The SMILES string of the molecule is O=C(O)C1CCC(Nc2ccn3nccc3n2)CC1. The molecule has 0 unspecified atom stereocenters. The Hall–Kier alpha value is -2.11. The van der Waals surface area contributed by atoms with Crippen molar-refractivity contribution in [3.8, 4) is 0 Å². The first-order valence-corrected chi connectivity index (χ1v) is 6.52. The Balaban J connectivity index is 1.64. The lowest BCUT2D eigenvalue weighted by Gasteiger charge is -2.27. The Morgan fingerprint density at radius 1 is 1.32 bits per heavy atom. The predicted octanol–water partition coefficient (Wildman–Crippen LogP) is 1.78. The van der Waals surface area contributed by atoms with E-state index in [1.807, 2.05) is 18.3 Å². The van der Waals surface area contributed by atoms with Crippen molar-refractivity contribution in [2.75, 3.05) is 5.32 Å². The summed E-state index contributed by atoms with van der Waals surface area (Å²) in [6.07, 6.45) is 6.81. The molecule has 0 bridgehead atoms. The van der Waals surface area contributed by atoms with Gasteiger partial charge in [0.2, 0.25) is 0 Å². The van der Waals surface area contributed by atoms with Crippen molar-refractivity contribution < 1.29 is 9.90 Å². The minimum Gasteiger partial charge on any atom is -0.481 e. The van der Waals surface area contributed by atoms with Crippen LogP contribution in [0.2, 0.25) is 0 Å². The second-order valence-electron chi connectivity index (χ2n) is 4.98. The molecule has 2 aromatic heterocycles. The summed E-state index contributed by atoms with van der Waals surface area (Å²) in [6.45, 7) is 0. The molecule has 0 radical (unpaired) electrons. The van der Waals surface area contributed by atoms with Gasteiger partial charge in [0.25, 0.3) is 0 Å². The van der Waals surface area contributed by atoms with Crippen LogP contribution in [0.25, 0.3) is 5.65 Å². The Bertz CT molecular complexity index is 587. The lowest BCUT2D eigenvalue weighted by molar-refractivity contribution is -0.142. The fraction of sp³-hybridized carbons (Fsp3) is 0.462. The number of hydrogen-bond acceptors (Lipinski definition) is 4. The molecule has 6 nitrogen and oxygen atoms in total. The number of nitrogens with one attached hydrogen (secondary N) is 1. The highest BCUT2D eigenvalue weighted by molar-refractivity contribution is 5.70. The monoisotopic (exact) mass is 260 g/mol. The van der Waals surface area contributed by atoms with Crippen molar-refractivity contribution >= 4 is 17.4 Å². The molecule has 2 aromatic rings. The van der Waals surface area contributed by atoms with E-state index in [4.69, 9.17) is 5.11 Å². The number of carboxylic acids is 1. The molecule has 1 aliphatic rings. The fourth-order valence-corrected chi connectivity index (χ4v) is 2.59. The zero-order chi connectivity index (χ0) is 13.2. The van der Waals surface area contributed by atoms with E-state index in [-0.39, 0.29) is 5.92 Å². The third-order valence-electron chi connectivity index (χ3n) is 3.69. The van der Waals surface area contributed by atoms with Gasteiger partial charge in [0.15, 0.2) is 5.65 Å². The number of carboxylic acid groups (broad SMARTS) is 1. The third kappa shape index (κ3) is 2.52. The Labute approximate surface area is 110 Å². The minimum absolute atomic E-state index is 0.177. The van der Waals surface area contributed by atoms with Crippen molar-refractivity contribution in [3.05, 3.63) is 24.5 Å². The van der Waals surface area contributed by atoms with Gasteiger partial charge in [-0.2, -0.15) is 5.10 Å². The molecule has 1 saturated carbocycles. The molecule has 19 heavy (non-hydrogen) atoms. The van der Waals surface area contributed by atoms with Crippen molar-refractivity contribution in [2.45, 2.75) is 31.7 Å². The summed E-state index contributed by atoms with van der Waals surface area (Å²) in [4.78, 5) is 15.4. The second-order valence-corrected chi connectivity index (χ2v) is 4.98. The number of fused-ring (bicyclic) bond motifs is 1. The van der Waals surface area contributed by atoms with Crippen LogP contribution < -0.4 is 5.32 Å². The Morgan fingerprint density at radius 2 is 2.11 bits per heavy atom. The van der Waals surface area contributed by atoms with Crippen molar-refractivity contribution in [3.63, 3.8) is 0 Å².